The third kappa shape index (κ3) is 5.45. The molecule has 0 saturated heterocycles. The zero-order valence-corrected chi connectivity index (χ0v) is 19.8. The van der Waals surface area contributed by atoms with E-state index >= 15 is 0 Å². The van der Waals surface area contributed by atoms with Crippen LogP contribution in [0.2, 0.25) is 0 Å². The third-order valence-corrected chi connectivity index (χ3v) is 6.47. The molecule has 1 fully saturated rings. The first-order valence-corrected chi connectivity index (χ1v) is 11.4. The quantitative estimate of drug-likeness (QED) is 0.362. The maximum atomic E-state index is 13.4. The number of hydrogen-bond donors (Lipinski definition) is 2. The van der Waals surface area contributed by atoms with Crippen LogP contribution >= 0.6 is 15.9 Å². The van der Waals surface area contributed by atoms with E-state index in [2.05, 4.69) is 40.1 Å². The number of benzene rings is 2. The lowest BCUT2D eigenvalue weighted by Gasteiger charge is -2.35. The molecule has 6 nitrogen and oxygen atoms in total. The van der Waals surface area contributed by atoms with Crippen LogP contribution in [0.3, 0.4) is 0 Å². The molecule has 0 bridgehead atoms. The minimum Gasteiger partial charge on any atom is -0.490 e. The molecule has 0 aliphatic heterocycles. The van der Waals surface area contributed by atoms with Crippen molar-refractivity contribution in [2.24, 2.45) is 0 Å². The zero-order valence-electron chi connectivity index (χ0n) is 18.2. The predicted molar refractivity (Wildman–Crippen MR) is 126 cm³/mol. The van der Waals surface area contributed by atoms with Crippen molar-refractivity contribution in [3.63, 3.8) is 0 Å². The van der Waals surface area contributed by atoms with Crippen molar-refractivity contribution in [2.75, 3.05) is 0 Å². The first-order chi connectivity index (χ1) is 15.7. The summed E-state index contributed by atoms with van der Waals surface area (Å²) in [5, 5.41) is 11.2. The van der Waals surface area contributed by atoms with Crippen molar-refractivity contribution in [1.29, 1.82) is 0 Å². The number of hydrogen-bond acceptors (Lipinski definition) is 4. The summed E-state index contributed by atoms with van der Waals surface area (Å²) in [6.45, 7) is 4.28. The van der Waals surface area contributed by atoms with E-state index in [0.717, 1.165) is 23.1 Å². The van der Waals surface area contributed by atoms with E-state index < -0.39 is 11.9 Å². The second-order valence-electron chi connectivity index (χ2n) is 8.58. The van der Waals surface area contributed by atoms with E-state index in [1.165, 1.54) is 6.07 Å². The van der Waals surface area contributed by atoms with E-state index in [1.807, 2.05) is 48.5 Å². The maximum Gasteiger partial charge on any atom is 0.404 e. The number of halogens is 2. The van der Waals surface area contributed by atoms with Gasteiger partial charge in [-0.25, -0.2) is 14.2 Å². The van der Waals surface area contributed by atoms with Crippen LogP contribution in [0, 0.1) is 5.82 Å². The highest BCUT2D eigenvalue weighted by Crippen LogP contribution is 2.35. The Morgan fingerprint density at radius 2 is 1.67 bits per heavy atom. The SMILES string of the molecule is CC(C)(c1ccc(Oc2cc(F)cnc2Br)cc1)c1ccc(O[C@H]2C[C@H](NC(=O)O)C2)cc1. The number of ether oxygens (including phenoxy) is 2. The molecule has 1 saturated carbocycles. The van der Waals surface area contributed by atoms with Crippen LogP contribution in [-0.4, -0.2) is 28.3 Å². The lowest BCUT2D eigenvalue weighted by molar-refractivity contribution is 0.0833. The highest BCUT2D eigenvalue weighted by Gasteiger charge is 2.32. The fourth-order valence-electron chi connectivity index (χ4n) is 3.81. The Bertz CT molecular complexity index is 1130. The van der Waals surface area contributed by atoms with Crippen LogP contribution in [0.15, 0.2) is 65.4 Å². The van der Waals surface area contributed by atoms with Crippen molar-refractivity contribution in [2.45, 2.75) is 44.2 Å². The maximum absolute atomic E-state index is 13.4. The minimum absolute atomic E-state index is 0.0292. The molecule has 2 aromatic carbocycles. The number of carbonyl (C=O) groups is 1. The van der Waals surface area contributed by atoms with Gasteiger partial charge in [-0.05, 0) is 51.3 Å². The Balaban J connectivity index is 1.39. The summed E-state index contributed by atoms with van der Waals surface area (Å²) in [7, 11) is 0. The molecule has 0 unspecified atom stereocenters. The summed E-state index contributed by atoms with van der Waals surface area (Å²) >= 11 is 3.27. The van der Waals surface area contributed by atoms with Gasteiger partial charge in [0.05, 0.1) is 6.20 Å². The molecule has 172 valence electrons. The number of nitrogens with one attached hydrogen (secondary N) is 1. The lowest BCUT2D eigenvalue weighted by atomic mass is 9.78. The Morgan fingerprint density at radius 3 is 2.24 bits per heavy atom. The summed E-state index contributed by atoms with van der Waals surface area (Å²) in [4.78, 5) is 14.6. The zero-order chi connectivity index (χ0) is 23.6. The standard InChI is InChI=1S/C25H24BrFN2O4/c1-25(2,15-3-7-19(8-4-15)32-21-12-18(13-21)29-24(30)31)16-5-9-20(10-6-16)33-22-11-17(27)14-28-23(22)26/h3-11,14,18,21,29H,12-13H2,1-2H3,(H,30,31)/t18-,21-. The van der Waals surface area contributed by atoms with E-state index in [1.54, 1.807) is 0 Å². The summed E-state index contributed by atoms with van der Waals surface area (Å²) in [6, 6.07) is 16.9. The molecule has 0 radical (unpaired) electrons. The lowest BCUT2D eigenvalue weighted by Crippen LogP contribution is -2.48. The van der Waals surface area contributed by atoms with Gasteiger partial charge in [-0.1, -0.05) is 38.1 Å². The normalized spacial score (nSPS) is 17.7. The minimum atomic E-state index is -0.997. The molecule has 2 N–H and O–H groups in total. The average Bonchev–Trinajstić information content (AvgIpc) is 2.75. The molecule has 3 aromatic rings. The third-order valence-electron chi connectivity index (χ3n) is 5.88. The number of pyridine rings is 1. The summed E-state index contributed by atoms with van der Waals surface area (Å²) in [5.41, 5.74) is 1.96. The fraction of sp³-hybridized carbons (Fsp3) is 0.280. The molecule has 33 heavy (non-hydrogen) atoms. The van der Waals surface area contributed by atoms with E-state index in [9.17, 15) is 9.18 Å². The number of aromatic nitrogens is 1. The van der Waals surface area contributed by atoms with Crippen molar-refractivity contribution in [1.82, 2.24) is 10.3 Å². The van der Waals surface area contributed by atoms with Gasteiger partial charge in [-0.15, -0.1) is 0 Å². The van der Waals surface area contributed by atoms with Crippen molar-refractivity contribution >= 4 is 22.0 Å². The smallest absolute Gasteiger partial charge is 0.404 e. The summed E-state index contributed by atoms with van der Waals surface area (Å²) < 4.78 is 25.6. The van der Waals surface area contributed by atoms with Crippen LogP contribution in [-0.2, 0) is 5.41 Å². The highest BCUT2D eigenvalue weighted by molar-refractivity contribution is 9.10. The Morgan fingerprint density at radius 1 is 1.09 bits per heavy atom. The van der Waals surface area contributed by atoms with Gasteiger partial charge in [0.25, 0.3) is 0 Å². The number of amides is 1. The second kappa shape index (κ2) is 9.39. The molecule has 1 aromatic heterocycles. The van der Waals surface area contributed by atoms with Gasteiger partial charge < -0.3 is 19.9 Å². The molecular weight excluding hydrogens is 491 g/mol. The molecule has 4 rings (SSSR count). The Labute approximate surface area is 199 Å². The van der Waals surface area contributed by atoms with Gasteiger partial charge in [0.2, 0.25) is 0 Å². The van der Waals surface area contributed by atoms with Gasteiger partial charge in [-0.2, -0.15) is 0 Å². The van der Waals surface area contributed by atoms with Crippen LogP contribution in [0.5, 0.6) is 17.2 Å². The largest absolute Gasteiger partial charge is 0.490 e. The van der Waals surface area contributed by atoms with Crippen molar-refractivity contribution in [3.05, 3.63) is 82.3 Å². The van der Waals surface area contributed by atoms with Gasteiger partial charge in [0, 0.05) is 30.4 Å². The molecule has 8 heteroatoms. The summed E-state index contributed by atoms with van der Waals surface area (Å²) in [5.74, 6) is 1.20. The van der Waals surface area contributed by atoms with Crippen molar-refractivity contribution in [3.8, 4) is 17.2 Å². The molecule has 1 amide bonds. The first kappa shape index (κ1) is 23.0. The monoisotopic (exact) mass is 514 g/mol. The number of rotatable bonds is 7. The Hall–Kier alpha value is -3.13. The van der Waals surface area contributed by atoms with Crippen LogP contribution in [0.4, 0.5) is 9.18 Å². The number of carboxylic acid groups (broad SMARTS) is 1. The van der Waals surface area contributed by atoms with Gasteiger partial charge >= 0.3 is 6.09 Å². The fourth-order valence-corrected chi connectivity index (χ4v) is 4.10. The van der Waals surface area contributed by atoms with Crippen LogP contribution in [0.25, 0.3) is 0 Å². The van der Waals surface area contributed by atoms with Crippen LogP contribution in [0.1, 0.15) is 37.8 Å². The highest BCUT2D eigenvalue weighted by atomic mass is 79.9. The van der Waals surface area contributed by atoms with E-state index in [-0.39, 0.29) is 17.6 Å². The predicted octanol–water partition coefficient (Wildman–Crippen LogP) is 6.28. The van der Waals surface area contributed by atoms with Crippen LogP contribution < -0.4 is 14.8 Å². The van der Waals surface area contributed by atoms with Gasteiger partial charge in [0.15, 0.2) is 5.75 Å². The molecule has 1 aliphatic carbocycles. The van der Waals surface area contributed by atoms with Crippen molar-refractivity contribution < 1.29 is 23.8 Å². The summed E-state index contributed by atoms with van der Waals surface area (Å²) in [6.07, 6.45) is 1.51. The van der Waals surface area contributed by atoms with E-state index in [0.29, 0.717) is 28.9 Å². The average molecular weight is 515 g/mol. The van der Waals surface area contributed by atoms with Gasteiger partial charge in [0.1, 0.15) is 28.0 Å². The Kier molecular flexibility index (Phi) is 6.56. The van der Waals surface area contributed by atoms with E-state index in [4.69, 9.17) is 14.6 Å². The molecule has 1 aliphatic rings. The molecule has 1 heterocycles. The molecular formula is C25H24BrFN2O4. The topological polar surface area (TPSA) is 80.7 Å². The van der Waals surface area contributed by atoms with Gasteiger partial charge in [-0.3, -0.25) is 0 Å². The first-order valence-electron chi connectivity index (χ1n) is 10.6. The molecule has 0 spiro atoms. The molecule has 0 atom stereocenters. The second-order valence-corrected chi connectivity index (χ2v) is 9.33. The number of nitrogens with zero attached hydrogens (tertiary/aromatic N) is 1.